The van der Waals surface area contributed by atoms with Crippen LogP contribution in [0.4, 0.5) is 0 Å². The average molecular weight is 699 g/mol. The van der Waals surface area contributed by atoms with Crippen LogP contribution in [-0.4, -0.2) is 89.2 Å². The number of likely N-dealkylation sites (N-methyl/N-ethyl adjacent to an activating group) is 2. The number of amides is 3. The number of hydrogen-bond acceptors (Lipinski definition) is 6. The van der Waals surface area contributed by atoms with E-state index in [0.717, 1.165) is 44.2 Å². The van der Waals surface area contributed by atoms with E-state index < -0.39 is 42.0 Å². The van der Waals surface area contributed by atoms with Crippen LogP contribution in [-0.2, 0) is 27.3 Å². The Balaban J connectivity index is 1.72. The average Bonchev–Trinajstić information content (AvgIpc) is 3.14. The van der Waals surface area contributed by atoms with Gasteiger partial charge < -0.3 is 30.6 Å². The zero-order chi connectivity index (χ0) is 37.0. The summed E-state index contributed by atoms with van der Waals surface area (Å²) in [5.41, 5.74) is 2.09. The minimum atomic E-state index is -1.22. The van der Waals surface area contributed by atoms with Crippen LogP contribution in [0.2, 0.25) is 0 Å². The summed E-state index contributed by atoms with van der Waals surface area (Å²) in [6, 6.07) is 17.9. The van der Waals surface area contributed by atoms with Gasteiger partial charge in [0, 0.05) is 45.9 Å². The van der Waals surface area contributed by atoms with Crippen molar-refractivity contribution in [1.82, 2.24) is 20.4 Å². The smallest absolute Gasteiger partial charge is 0.242 e. The molecule has 1 saturated carbocycles. The van der Waals surface area contributed by atoms with E-state index in [1.54, 1.807) is 11.9 Å². The van der Waals surface area contributed by atoms with Crippen LogP contribution < -0.4 is 10.6 Å². The monoisotopic (exact) mass is 698 g/mol. The van der Waals surface area contributed by atoms with E-state index in [1.807, 2.05) is 55.6 Å². The molecule has 3 rings (SSSR count). The Bertz CT molecular complexity index is 1420. The third-order valence-corrected chi connectivity index (χ3v) is 9.90. The summed E-state index contributed by atoms with van der Waals surface area (Å²) in [5, 5.41) is 27.8. The second-order valence-corrected chi connectivity index (χ2v) is 14.1. The number of aliphatic hydroxyl groups is 2. The van der Waals surface area contributed by atoms with Crippen LogP contribution in [0.25, 0.3) is 0 Å². The van der Waals surface area contributed by atoms with E-state index in [2.05, 4.69) is 39.5 Å². The molecular weight excluding hydrogens is 640 g/mol. The van der Waals surface area contributed by atoms with Crippen molar-refractivity contribution < 1.29 is 24.6 Å². The first-order valence-corrected chi connectivity index (χ1v) is 18.4. The summed E-state index contributed by atoms with van der Waals surface area (Å²) in [6.45, 7) is 1.91. The van der Waals surface area contributed by atoms with Gasteiger partial charge in [-0.05, 0) is 49.8 Å². The molecule has 0 unspecified atom stereocenters. The van der Waals surface area contributed by atoms with E-state index in [-0.39, 0.29) is 31.6 Å². The fourth-order valence-electron chi connectivity index (χ4n) is 6.75. The molecule has 9 nitrogen and oxygen atoms in total. The van der Waals surface area contributed by atoms with E-state index in [1.165, 1.54) is 5.56 Å². The van der Waals surface area contributed by atoms with Gasteiger partial charge in [0.25, 0.3) is 0 Å². The largest absolute Gasteiger partial charge is 0.390 e. The molecule has 9 heteroatoms. The van der Waals surface area contributed by atoms with Gasteiger partial charge in [-0.3, -0.25) is 14.4 Å². The molecule has 1 aliphatic carbocycles. The molecule has 2 aromatic carbocycles. The molecule has 0 heterocycles. The number of benzene rings is 2. The maximum atomic E-state index is 14.0. The minimum absolute atomic E-state index is 0.0342. The number of nitrogens with zero attached hydrogens (tertiary/aromatic N) is 2. The number of carbonyl (C=O) groups is 3. The number of carbonyl (C=O) groups excluding carboxylic acids is 3. The molecule has 5 atom stereocenters. The lowest BCUT2D eigenvalue weighted by molar-refractivity contribution is -0.137. The molecule has 0 radical (unpaired) electrons. The highest BCUT2D eigenvalue weighted by Crippen LogP contribution is 2.29. The number of nitrogens with one attached hydrogen (secondary N) is 2. The van der Waals surface area contributed by atoms with Gasteiger partial charge in [0.1, 0.15) is 12.1 Å². The van der Waals surface area contributed by atoms with Crippen molar-refractivity contribution in [2.75, 3.05) is 27.2 Å². The van der Waals surface area contributed by atoms with Gasteiger partial charge >= 0.3 is 0 Å². The van der Waals surface area contributed by atoms with Crippen molar-refractivity contribution >= 4 is 17.7 Å². The number of terminal acetylenes is 2. The molecule has 0 bridgehead atoms. The molecule has 4 N–H and O–H groups in total. The molecular formula is C42H58N4O5. The minimum Gasteiger partial charge on any atom is -0.390 e. The van der Waals surface area contributed by atoms with Gasteiger partial charge in [0.05, 0.1) is 18.1 Å². The number of rotatable bonds is 21. The topological polar surface area (TPSA) is 122 Å². The standard InChI is InChI=1S/C42H58N4O5/c1-5-7-24-36(42(51)44-37(29-33-20-14-10-15-21-33)40(49)38(47)25-8-6-2)43-41(50)35(28-32-18-12-9-13-19-32)30-39(48)46(4)27-26-45(3)31-34-22-16-11-17-23-34/h1-2,9,11-13,16-19,22-23,33,35-38,40,47,49H,7-8,10,14-15,20-21,24-31H2,3-4H3,(H,43,50)(H,44,51)/t35-,36+,37+,38+,40-/m1/s1. The normalized spacial score (nSPS) is 16.1. The Labute approximate surface area is 305 Å². The van der Waals surface area contributed by atoms with E-state index in [4.69, 9.17) is 12.8 Å². The molecule has 0 saturated heterocycles. The van der Waals surface area contributed by atoms with Gasteiger partial charge in [-0.15, -0.1) is 24.7 Å². The fraction of sp³-hybridized carbons (Fsp3) is 0.548. The van der Waals surface area contributed by atoms with Gasteiger partial charge in [-0.2, -0.15) is 0 Å². The predicted molar refractivity (Wildman–Crippen MR) is 202 cm³/mol. The van der Waals surface area contributed by atoms with Crippen LogP contribution in [0.15, 0.2) is 60.7 Å². The molecule has 0 aliphatic heterocycles. The van der Waals surface area contributed by atoms with Gasteiger partial charge in [0.2, 0.25) is 17.7 Å². The Hall–Kier alpha value is -4.15. The highest BCUT2D eigenvalue weighted by Gasteiger charge is 2.34. The quantitative estimate of drug-likeness (QED) is 0.144. The lowest BCUT2D eigenvalue weighted by Gasteiger charge is -2.33. The van der Waals surface area contributed by atoms with Crippen molar-refractivity contribution in [3.63, 3.8) is 0 Å². The Morgan fingerprint density at radius 2 is 1.43 bits per heavy atom. The summed E-state index contributed by atoms with van der Waals surface area (Å²) in [5.74, 6) is 3.55. The SMILES string of the molecule is C#CCC[C@H](NC(=O)[C@@H](CC(=O)N(C)CCN(C)Cc1ccccc1)Cc1ccccc1)C(=O)N[C@@H](CC1CCCCC1)[C@@H](O)[C@@H](O)CCC#C. The third kappa shape index (κ3) is 14.9. The predicted octanol–water partition coefficient (Wildman–Crippen LogP) is 4.31. The van der Waals surface area contributed by atoms with Crippen molar-refractivity contribution in [3.05, 3.63) is 71.8 Å². The Morgan fingerprint density at radius 1 is 0.824 bits per heavy atom. The fourth-order valence-corrected chi connectivity index (χ4v) is 6.75. The van der Waals surface area contributed by atoms with Crippen molar-refractivity contribution in [2.24, 2.45) is 11.8 Å². The van der Waals surface area contributed by atoms with Crippen LogP contribution in [0, 0.1) is 36.5 Å². The second kappa shape index (κ2) is 22.6. The van der Waals surface area contributed by atoms with Crippen molar-refractivity contribution in [1.29, 1.82) is 0 Å². The number of hydrogen-bond donors (Lipinski definition) is 4. The molecule has 0 aromatic heterocycles. The van der Waals surface area contributed by atoms with Crippen LogP contribution in [0.5, 0.6) is 0 Å². The maximum absolute atomic E-state index is 14.0. The first kappa shape index (κ1) is 41.3. The summed E-state index contributed by atoms with van der Waals surface area (Å²) in [6.07, 6.45) is 15.7. The van der Waals surface area contributed by atoms with Crippen LogP contribution in [0.1, 0.15) is 81.8 Å². The van der Waals surface area contributed by atoms with Crippen LogP contribution in [0.3, 0.4) is 0 Å². The number of aliphatic hydroxyl groups excluding tert-OH is 2. The lowest BCUT2D eigenvalue weighted by atomic mass is 9.82. The molecule has 3 amide bonds. The Morgan fingerprint density at radius 3 is 2.06 bits per heavy atom. The summed E-state index contributed by atoms with van der Waals surface area (Å²) in [7, 11) is 3.75. The Kier molecular flexibility index (Phi) is 18.3. The van der Waals surface area contributed by atoms with Crippen molar-refractivity contribution in [2.45, 2.75) is 108 Å². The highest BCUT2D eigenvalue weighted by atomic mass is 16.3. The molecule has 1 fully saturated rings. The lowest BCUT2D eigenvalue weighted by Crippen LogP contribution is -2.56. The van der Waals surface area contributed by atoms with E-state index in [0.29, 0.717) is 38.3 Å². The highest BCUT2D eigenvalue weighted by molar-refractivity contribution is 5.91. The van der Waals surface area contributed by atoms with Gasteiger partial charge in [0.15, 0.2) is 0 Å². The molecule has 276 valence electrons. The maximum Gasteiger partial charge on any atom is 0.242 e. The third-order valence-electron chi connectivity index (χ3n) is 9.90. The first-order valence-electron chi connectivity index (χ1n) is 18.4. The molecule has 0 spiro atoms. The first-order chi connectivity index (χ1) is 24.6. The molecule has 51 heavy (non-hydrogen) atoms. The zero-order valence-electron chi connectivity index (χ0n) is 30.5. The zero-order valence-corrected chi connectivity index (χ0v) is 30.5. The van der Waals surface area contributed by atoms with Gasteiger partial charge in [-0.1, -0.05) is 92.8 Å². The van der Waals surface area contributed by atoms with Crippen LogP contribution >= 0.6 is 0 Å². The summed E-state index contributed by atoms with van der Waals surface area (Å²) >= 11 is 0. The molecule has 1 aliphatic rings. The van der Waals surface area contributed by atoms with E-state index >= 15 is 0 Å². The summed E-state index contributed by atoms with van der Waals surface area (Å²) < 4.78 is 0. The summed E-state index contributed by atoms with van der Waals surface area (Å²) in [4.78, 5) is 45.2. The molecule has 2 aromatic rings. The second-order valence-electron chi connectivity index (χ2n) is 14.1. The van der Waals surface area contributed by atoms with E-state index in [9.17, 15) is 24.6 Å². The van der Waals surface area contributed by atoms with Gasteiger partial charge in [-0.25, -0.2) is 0 Å². The van der Waals surface area contributed by atoms with Crippen molar-refractivity contribution in [3.8, 4) is 24.7 Å².